The van der Waals surface area contributed by atoms with Crippen molar-refractivity contribution in [3.63, 3.8) is 0 Å². The van der Waals surface area contributed by atoms with Crippen LogP contribution in [-0.2, 0) is 26.5 Å². The number of benzene rings is 4. The second-order valence-electron chi connectivity index (χ2n) is 15.7. The molecule has 7 aromatic rings. The summed E-state index contributed by atoms with van der Waals surface area (Å²) in [5.41, 5.74) is 11.0. The van der Waals surface area contributed by atoms with E-state index in [-0.39, 0.29) is 20.1 Å². The average Bonchev–Trinajstić information content (AvgIpc) is 3.55. The topological polar surface area (TPSA) is 38.9 Å². The monoisotopic (exact) mass is 921 g/mol. The van der Waals surface area contributed by atoms with Gasteiger partial charge < -0.3 is 9.40 Å². The Labute approximate surface area is 325 Å². The predicted octanol–water partition coefficient (Wildman–Crippen LogP) is 11.9. The quantitative estimate of drug-likeness (QED) is 0.123. The van der Waals surface area contributed by atoms with Crippen molar-refractivity contribution in [2.45, 2.75) is 62.7 Å². The van der Waals surface area contributed by atoms with Gasteiger partial charge in [0.15, 0.2) is 0 Å². The maximum absolute atomic E-state index is 6.46. The van der Waals surface area contributed by atoms with Crippen molar-refractivity contribution in [3.05, 3.63) is 139 Å². The first kappa shape index (κ1) is 36.5. The van der Waals surface area contributed by atoms with Gasteiger partial charge in [-0.1, -0.05) is 77.9 Å². The molecule has 3 nitrogen and oxygen atoms in total. The number of fused-ring (bicyclic) bond motifs is 6. The van der Waals surface area contributed by atoms with Crippen LogP contribution in [0.3, 0.4) is 0 Å². The molecule has 0 amide bonds. The zero-order valence-electron chi connectivity index (χ0n) is 30.6. The van der Waals surface area contributed by atoms with E-state index in [4.69, 9.17) is 9.40 Å². The smallest absolute Gasteiger partial charge is 0.121 e. The first-order chi connectivity index (χ1) is 24.8. The van der Waals surface area contributed by atoms with E-state index in [2.05, 4.69) is 126 Å². The van der Waals surface area contributed by atoms with Gasteiger partial charge in [0.1, 0.15) is 5.58 Å². The van der Waals surface area contributed by atoms with Crippen molar-refractivity contribution in [2.75, 3.05) is 0 Å². The summed E-state index contributed by atoms with van der Waals surface area (Å²) in [6.45, 7) is 2.19. The van der Waals surface area contributed by atoms with Crippen molar-refractivity contribution < 1.29 is 24.5 Å². The van der Waals surface area contributed by atoms with Crippen molar-refractivity contribution in [1.82, 2.24) is 9.97 Å². The van der Waals surface area contributed by atoms with Crippen LogP contribution in [0.25, 0.3) is 55.6 Å². The molecule has 4 aromatic carbocycles. The molecular weight excluding hydrogens is 873 g/mol. The number of aryl methyl sites for hydroxylation is 1. The number of hydrogen-bond acceptors (Lipinski definition) is 3. The molecule has 3 fully saturated rings. The number of pyridine rings is 2. The Hall–Kier alpha value is -3.83. The summed E-state index contributed by atoms with van der Waals surface area (Å²) in [6, 6.07) is 42.4. The molecule has 1 atom stereocenters. The molecule has 3 saturated carbocycles. The summed E-state index contributed by atoms with van der Waals surface area (Å²) < 4.78 is 7.95. The Balaban J connectivity index is 0.000000198. The number of nitrogens with zero attached hydrogens (tertiary/aromatic N) is 2. The normalized spacial score (nSPS) is 18.1. The van der Waals surface area contributed by atoms with E-state index in [1.54, 1.807) is 0 Å². The first-order valence-corrected chi connectivity index (χ1v) is 26.0. The SMILES string of the molecule is Cc1cc(-c2[c-]cccc2)nc[c]1[Ge]([CH3])([CH3])[CH3].[Ir].[c-]1ccc2c(oc3cccc(-c4ccccc4)c32)c1-c1cc(CC2CC3CCC2CC3)ccn1. The summed E-state index contributed by atoms with van der Waals surface area (Å²) in [5.74, 6) is 9.92. The Bertz CT molecular complexity index is 2280. The van der Waals surface area contributed by atoms with Gasteiger partial charge in [-0.05, 0) is 72.4 Å². The van der Waals surface area contributed by atoms with E-state index in [0.717, 1.165) is 62.2 Å². The van der Waals surface area contributed by atoms with Crippen LogP contribution in [0.2, 0.25) is 17.3 Å². The molecule has 3 aliphatic rings. The van der Waals surface area contributed by atoms with Crippen LogP contribution in [0.5, 0.6) is 0 Å². The number of hydrogen-bond donors (Lipinski definition) is 0. The van der Waals surface area contributed by atoms with Gasteiger partial charge in [-0.25, -0.2) is 0 Å². The molecule has 0 saturated heterocycles. The van der Waals surface area contributed by atoms with Gasteiger partial charge in [-0.2, -0.15) is 0 Å². The summed E-state index contributed by atoms with van der Waals surface area (Å²) in [5, 5.41) is 2.29. The Morgan fingerprint density at radius 2 is 1.60 bits per heavy atom. The van der Waals surface area contributed by atoms with Gasteiger partial charge in [0, 0.05) is 31.7 Å². The molecule has 2 bridgehead atoms. The summed E-state index contributed by atoms with van der Waals surface area (Å²) in [7, 11) is 0. The fourth-order valence-electron chi connectivity index (χ4n) is 8.69. The minimum atomic E-state index is -1.77. The Morgan fingerprint density at radius 3 is 2.31 bits per heavy atom. The molecule has 52 heavy (non-hydrogen) atoms. The average molecular weight is 920 g/mol. The van der Waals surface area contributed by atoms with Crippen LogP contribution in [0.4, 0.5) is 0 Å². The van der Waals surface area contributed by atoms with Crippen LogP contribution in [0, 0.1) is 36.8 Å². The third kappa shape index (κ3) is 7.62. The fourth-order valence-corrected chi connectivity index (χ4v) is 12.3. The molecule has 0 aliphatic heterocycles. The molecule has 3 aliphatic carbocycles. The number of rotatable bonds is 6. The molecule has 1 unspecified atom stereocenters. The molecule has 265 valence electrons. The largest absolute Gasteiger partial charge is 0.501 e. The molecule has 3 heterocycles. The maximum Gasteiger partial charge on any atom is 0.121 e. The minimum Gasteiger partial charge on any atom is -0.501 e. The third-order valence-corrected chi connectivity index (χ3v) is 15.7. The molecule has 5 heteroatoms. The molecule has 0 N–H and O–H groups in total. The molecule has 1 radical (unpaired) electrons. The van der Waals surface area contributed by atoms with Crippen LogP contribution >= 0.6 is 0 Å². The number of aromatic nitrogens is 2. The van der Waals surface area contributed by atoms with E-state index in [9.17, 15) is 0 Å². The van der Waals surface area contributed by atoms with Crippen molar-refractivity contribution in [3.8, 4) is 33.6 Å². The van der Waals surface area contributed by atoms with Crippen molar-refractivity contribution in [1.29, 1.82) is 0 Å². The Kier molecular flexibility index (Phi) is 11.0. The van der Waals surface area contributed by atoms with E-state index in [1.165, 1.54) is 65.2 Å². The predicted molar refractivity (Wildman–Crippen MR) is 215 cm³/mol. The van der Waals surface area contributed by atoms with E-state index < -0.39 is 13.3 Å². The van der Waals surface area contributed by atoms with E-state index in [1.807, 2.05) is 30.5 Å². The van der Waals surface area contributed by atoms with Gasteiger partial charge in [0.05, 0.1) is 5.58 Å². The van der Waals surface area contributed by atoms with Gasteiger partial charge >= 0.3 is 106 Å². The summed E-state index contributed by atoms with van der Waals surface area (Å²) in [4.78, 5) is 9.35. The van der Waals surface area contributed by atoms with Crippen LogP contribution in [0.1, 0.15) is 43.2 Å². The first-order valence-electron chi connectivity index (χ1n) is 18.6. The van der Waals surface area contributed by atoms with E-state index >= 15 is 0 Å². The summed E-state index contributed by atoms with van der Waals surface area (Å²) in [6.07, 6.45) is 12.4. The van der Waals surface area contributed by atoms with Crippen molar-refractivity contribution >= 4 is 39.6 Å². The third-order valence-electron chi connectivity index (χ3n) is 11.2. The summed E-state index contributed by atoms with van der Waals surface area (Å²) >= 11 is -1.77. The van der Waals surface area contributed by atoms with Crippen LogP contribution < -0.4 is 4.40 Å². The zero-order valence-corrected chi connectivity index (χ0v) is 35.1. The maximum atomic E-state index is 6.46. The second-order valence-corrected chi connectivity index (χ2v) is 26.3. The molecular formula is C47H46GeIrN2O-2. The minimum absolute atomic E-state index is 0. The van der Waals surface area contributed by atoms with Crippen LogP contribution in [-0.4, -0.2) is 23.2 Å². The van der Waals surface area contributed by atoms with Crippen LogP contribution in [0.15, 0.2) is 120 Å². The molecule has 0 spiro atoms. The number of furan rings is 1. The fraction of sp³-hybridized carbons (Fsp3) is 0.277. The second kappa shape index (κ2) is 15.6. The van der Waals surface area contributed by atoms with Gasteiger partial charge in [-0.15, -0.1) is 18.2 Å². The molecule has 10 rings (SSSR count). The van der Waals surface area contributed by atoms with E-state index in [0.29, 0.717) is 0 Å². The standard InChI is InChI=1S/C32H28NO.C15H18GeN.Ir/c1-2-6-24(7-3-1)26-8-5-11-30-31(26)28-10-4-9-27(32(28)34-30)29-20-22(16-17-33-29)19-25-18-21-12-14-23(25)15-13-21;1-12-10-15(13-8-6-5-7-9-13)17-11-14(12)16(2,3)4;/h1-8,10-11,16-17,20-21,23,25H,12-15,18-19H2;5-8,10-11H,1-4H3;/q2*-1;. The van der Waals surface area contributed by atoms with Crippen molar-refractivity contribution in [2.24, 2.45) is 17.8 Å². The zero-order chi connectivity index (χ0) is 35.0. The Morgan fingerprint density at radius 1 is 0.788 bits per heavy atom. The van der Waals surface area contributed by atoms with Gasteiger partial charge in [0.2, 0.25) is 0 Å². The van der Waals surface area contributed by atoms with Gasteiger partial charge in [-0.3, -0.25) is 0 Å². The van der Waals surface area contributed by atoms with Gasteiger partial charge in [0.25, 0.3) is 0 Å². The molecule has 3 aromatic heterocycles.